The molecule has 0 atom stereocenters. The van der Waals surface area contributed by atoms with Gasteiger partial charge >= 0.3 is 0 Å². The van der Waals surface area contributed by atoms with Crippen molar-refractivity contribution in [3.05, 3.63) is 71.4 Å². The minimum absolute atomic E-state index is 0.173. The van der Waals surface area contributed by atoms with E-state index in [9.17, 15) is 9.18 Å². The molecule has 27 heavy (non-hydrogen) atoms. The van der Waals surface area contributed by atoms with Crippen molar-refractivity contribution in [3.8, 4) is 11.3 Å². The Kier molecular flexibility index (Phi) is 5.16. The van der Waals surface area contributed by atoms with Gasteiger partial charge in [0.15, 0.2) is 5.13 Å². The lowest BCUT2D eigenvalue weighted by Gasteiger charge is -2.34. The van der Waals surface area contributed by atoms with Crippen molar-refractivity contribution in [1.82, 2.24) is 9.88 Å². The largest absolute Gasteiger partial charge is 0.345 e. The average molecular weight is 381 g/mol. The molecule has 4 nitrogen and oxygen atoms in total. The van der Waals surface area contributed by atoms with Crippen LogP contribution >= 0.6 is 11.3 Å². The highest BCUT2D eigenvalue weighted by molar-refractivity contribution is 7.14. The van der Waals surface area contributed by atoms with Crippen molar-refractivity contribution in [2.45, 2.75) is 6.42 Å². The summed E-state index contributed by atoms with van der Waals surface area (Å²) in [7, 11) is 0. The SMILES string of the molecule is O=C(Cc1ccccc1)N1CCN(c2nc(-c3ccc(F)cc3)cs2)CC1. The first-order valence-corrected chi connectivity index (χ1v) is 9.85. The Labute approximate surface area is 161 Å². The van der Waals surface area contributed by atoms with Gasteiger partial charge in [0.2, 0.25) is 5.91 Å². The summed E-state index contributed by atoms with van der Waals surface area (Å²) < 4.78 is 13.1. The first-order valence-electron chi connectivity index (χ1n) is 8.97. The van der Waals surface area contributed by atoms with E-state index in [1.54, 1.807) is 23.5 Å². The number of rotatable bonds is 4. The maximum Gasteiger partial charge on any atom is 0.227 e. The van der Waals surface area contributed by atoms with Crippen LogP contribution in [0.25, 0.3) is 11.3 Å². The van der Waals surface area contributed by atoms with Crippen molar-refractivity contribution in [1.29, 1.82) is 0 Å². The molecule has 1 fully saturated rings. The summed E-state index contributed by atoms with van der Waals surface area (Å²) in [6.45, 7) is 2.96. The third-order valence-electron chi connectivity index (χ3n) is 4.73. The summed E-state index contributed by atoms with van der Waals surface area (Å²) in [6, 6.07) is 16.2. The number of halogens is 1. The second-order valence-electron chi connectivity index (χ2n) is 6.55. The van der Waals surface area contributed by atoms with Crippen LogP contribution in [-0.2, 0) is 11.2 Å². The van der Waals surface area contributed by atoms with Crippen molar-refractivity contribution < 1.29 is 9.18 Å². The third kappa shape index (κ3) is 4.17. The molecule has 0 unspecified atom stereocenters. The van der Waals surface area contributed by atoms with Gasteiger partial charge in [-0.2, -0.15) is 0 Å². The van der Waals surface area contributed by atoms with Gasteiger partial charge in [-0.25, -0.2) is 9.37 Å². The zero-order valence-corrected chi connectivity index (χ0v) is 15.7. The van der Waals surface area contributed by atoms with E-state index in [0.29, 0.717) is 19.5 Å². The van der Waals surface area contributed by atoms with Crippen LogP contribution in [0.5, 0.6) is 0 Å². The summed E-state index contributed by atoms with van der Waals surface area (Å²) in [5, 5.41) is 2.94. The van der Waals surface area contributed by atoms with Gasteiger partial charge in [0.25, 0.3) is 0 Å². The molecule has 2 heterocycles. The van der Waals surface area contributed by atoms with E-state index in [0.717, 1.165) is 35.0 Å². The lowest BCUT2D eigenvalue weighted by molar-refractivity contribution is -0.130. The molecular formula is C21H20FN3OS. The third-order valence-corrected chi connectivity index (χ3v) is 5.63. The summed E-state index contributed by atoms with van der Waals surface area (Å²) in [6.07, 6.45) is 0.451. The number of aromatic nitrogens is 1. The van der Waals surface area contributed by atoms with E-state index in [-0.39, 0.29) is 11.7 Å². The molecule has 1 amide bonds. The highest BCUT2D eigenvalue weighted by Gasteiger charge is 2.23. The molecule has 1 aromatic heterocycles. The molecule has 2 aromatic carbocycles. The summed E-state index contributed by atoms with van der Waals surface area (Å²) in [5.74, 6) is -0.0718. The number of amides is 1. The van der Waals surface area contributed by atoms with Crippen molar-refractivity contribution in [3.63, 3.8) is 0 Å². The number of nitrogens with zero attached hydrogens (tertiary/aromatic N) is 3. The normalized spacial score (nSPS) is 14.4. The van der Waals surface area contributed by atoms with Crippen LogP contribution in [0.4, 0.5) is 9.52 Å². The molecule has 1 aliphatic heterocycles. The number of thiazole rings is 1. The second-order valence-corrected chi connectivity index (χ2v) is 7.39. The molecule has 3 aromatic rings. The summed E-state index contributed by atoms with van der Waals surface area (Å²) >= 11 is 1.58. The van der Waals surface area contributed by atoms with Gasteiger partial charge in [-0.15, -0.1) is 11.3 Å². The fraction of sp³-hybridized carbons (Fsp3) is 0.238. The molecule has 0 aliphatic carbocycles. The average Bonchev–Trinajstić information content (AvgIpc) is 3.20. The molecule has 0 radical (unpaired) electrons. The lowest BCUT2D eigenvalue weighted by atomic mass is 10.1. The van der Waals surface area contributed by atoms with E-state index < -0.39 is 0 Å². The Bertz CT molecular complexity index is 903. The van der Waals surface area contributed by atoms with Crippen LogP contribution < -0.4 is 4.90 Å². The number of carbonyl (C=O) groups excluding carboxylic acids is 1. The number of anilines is 1. The number of hydrogen-bond acceptors (Lipinski definition) is 4. The molecule has 0 saturated carbocycles. The highest BCUT2D eigenvalue weighted by atomic mass is 32.1. The van der Waals surface area contributed by atoms with Crippen molar-refractivity contribution in [2.75, 3.05) is 31.1 Å². The zero-order chi connectivity index (χ0) is 18.6. The Morgan fingerprint density at radius 2 is 1.70 bits per heavy atom. The summed E-state index contributed by atoms with van der Waals surface area (Å²) in [4.78, 5) is 21.3. The van der Waals surface area contributed by atoms with Gasteiger partial charge in [-0.3, -0.25) is 4.79 Å². The van der Waals surface area contributed by atoms with Gasteiger partial charge < -0.3 is 9.80 Å². The maximum atomic E-state index is 13.1. The molecule has 0 N–H and O–H groups in total. The molecule has 6 heteroatoms. The van der Waals surface area contributed by atoms with Crippen LogP contribution in [-0.4, -0.2) is 42.0 Å². The fourth-order valence-corrected chi connectivity index (χ4v) is 4.08. The Hall–Kier alpha value is -2.73. The van der Waals surface area contributed by atoms with Gasteiger partial charge in [-0.1, -0.05) is 30.3 Å². The zero-order valence-electron chi connectivity index (χ0n) is 14.8. The molecule has 0 spiro atoms. The Balaban J connectivity index is 1.35. The monoisotopic (exact) mass is 381 g/mol. The molecule has 0 bridgehead atoms. The smallest absolute Gasteiger partial charge is 0.227 e. The first kappa shape index (κ1) is 17.7. The van der Waals surface area contributed by atoms with Gasteiger partial charge in [-0.05, 0) is 29.8 Å². The minimum Gasteiger partial charge on any atom is -0.345 e. The molecule has 1 aliphatic rings. The predicted molar refractivity (Wildman–Crippen MR) is 106 cm³/mol. The van der Waals surface area contributed by atoms with Gasteiger partial charge in [0, 0.05) is 37.1 Å². The predicted octanol–water partition coefficient (Wildman–Crippen LogP) is 3.84. The van der Waals surface area contributed by atoms with E-state index >= 15 is 0 Å². The second kappa shape index (κ2) is 7.88. The van der Waals surface area contributed by atoms with E-state index in [1.165, 1.54) is 12.1 Å². The van der Waals surface area contributed by atoms with Crippen molar-refractivity contribution in [2.24, 2.45) is 0 Å². The Morgan fingerprint density at radius 1 is 1.00 bits per heavy atom. The van der Waals surface area contributed by atoms with Gasteiger partial charge in [0.05, 0.1) is 12.1 Å². The van der Waals surface area contributed by atoms with E-state index in [4.69, 9.17) is 4.98 Å². The van der Waals surface area contributed by atoms with E-state index in [2.05, 4.69) is 4.90 Å². The van der Waals surface area contributed by atoms with Gasteiger partial charge in [0.1, 0.15) is 5.82 Å². The molecule has 138 valence electrons. The minimum atomic E-state index is -0.245. The van der Waals surface area contributed by atoms with Crippen LogP contribution in [0.1, 0.15) is 5.56 Å². The number of benzene rings is 2. The lowest BCUT2D eigenvalue weighted by Crippen LogP contribution is -2.49. The molecular weight excluding hydrogens is 361 g/mol. The number of hydrogen-bond donors (Lipinski definition) is 0. The number of carbonyl (C=O) groups is 1. The first-order chi connectivity index (χ1) is 13.2. The van der Waals surface area contributed by atoms with Crippen LogP contribution in [0.3, 0.4) is 0 Å². The number of piperazine rings is 1. The van der Waals surface area contributed by atoms with Crippen LogP contribution in [0, 0.1) is 5.82 Å². The summed E-state index contributed by atoms with van der Waals surface area (Å²) in [5.41, 5.74) is 2.82. The Morgan fingerprint density at radius 3 is 2.41 bits per heavy atom. The van der Waals surface area contributed by atoms with E-state index in [1.807, 2.05) is 40.6 Å². The standard InChI is InChI=1S/C21H20FN3OS/c22-18-8-6-17(7-9-18)19-15-27-21(23-19)25-12-10-24(11-13-25)20(26)14-16-4-2-1-3-5-16/h1-9,15H,10-14H2. The topological polar surface area (TPSA) is 36.4 Å². The molecule has 1 saturated heterocycles. The highest BCUT2D eigenvalue weighted by Crippen LogP contribution is 2.28. The van der Waals surface area contributed by atoms with Crippen LogP contribution in [0.2, 0.25) is 0 Å². The van der Waals surface area contributed by atoms with Crippen LogP contribution in [0.15, 0.2) is 60.0 Å². The molecule has 4 rings (SSSR count). The fourth-order valence-electron chi connectivity index (χ4n) is 3.19. The van der Waals surface area contributed by atoms with Crippen molar-refractivity contribution >= 4 is 22.4 Å². The quantitative estimate of drug-likeness (QED) is 0.689. The maximum absolute atomic E-state index is 13.1.